The fourth-order valence-corrected chi connectivity index (χ4v) is 2.91. The van der Waals surface area contributed by atoms with Gasteiger partial charge in [-0.3, -0.25) is 0 Å². The maximum absolute atomic E-state index is 12.0. The number of likely N-dealkylation sites (tertiary alicyclic amines) is 1. The Balaban J connectivity index is 1.84. The Morgan fingerprint density at radius 3 is 2.85 bits per heavy atom. The zero-order valence-corrected chi connectivity index (χ0v) is 12.4. The lowest BCUT2D eigenvalue weighted by Gasteiger charge is -2.35. The molecule has 0 bridgehead atoms. The molecule has 1 fully saturated rings. The van der Waals surface area contributed by atoms with Crippen LogP contribution in [0.3, 0.4) is 0 Å². The fourth-order valence-electron chi connectivity index (χ4n) is 2.20. The van der Waals surface area contributed by atoms with Gasteiger partial charge in [0.15, 0.2) is 5.69 Å². The Labute approximate surface area is 121 Å². The van der Waals surface area contributed by atoms with E-state index in [1.165, 1.54) is 16.7 Å². The molecule has 20 heavy (non-hydrogen) atoms. The molecule has 1 aliphatic rings. The van der Waals surface area contributed by atoms with Crippen molar-refractivity contribution in [2.75, 3.05) is 13.1 Å². The third-order valence-corrected chi connectivity index (χ3v) is 4.63. The van der Waals surface area contributed by atoms with Gasteiger partial charge in [0.25, 0.3) is 0 Å². The van der Waals surface area contributed by atoms with E-state index in [-0.39, 0.29) is 18.3 Å². The molecule has 2 amide bonds. The SMILES string of the molecule is CC1CCN(C(=O)NCc2nc(C(=O)O)cs2)CC1C. The highest BCUT2D eigenvalue weighted by atomic mass is 32.1. The molecule has 2 heterocycles. The highest BCUT2D eigenvalue weighted by molar-refractivity contribution is 7.09. The van der Waals surface area contributed by atoms with E-state index in [0.29, 0.717) is 16.8 Å². The average Bonchev–Trinajstić information content (AvgIpc) is 2.88. The van der Waals surface area contributed by atoms with Crippen LogP contribution in [0.4, 0.5) is 4.79 Å². The molecule has 0 spiro atoms. The molecule has 1 aromatic heterocycles. The van der Waals surface area contributed by atoms with E-state index >= 15 is 0 Å². The van der Waals surface area contributed by atoms with Gasteiger partial charge in [0.05, 0.1) is 6.54 Å². The molecule has 7 heteroatoms. The first-order valence-corrected chi connectivity index (χ1v) is 7.55. The number of carboxylic acid groups (broad SMARTS) is 1. The van der Waals surface area contributed by atoms with Crippen molar-refractivity contribution in [3.63, 3.8) is 0 Å². The Morgan fingerprint density at radius 2 is 2.25 bits per heavy atom. The standard InChI is InChI=1S/C13H19N3O3S/c1-8-3-4-16(6-9(8)2)13(19)14-5-11-15-10(7-20-11)12(17)18/h7-9H,3-6H2,1-2H3,(H,14,19)(H,17,18). The second-order valence-corrected chi connectivity index (χ2v) is 6.22. The van der Waals surface area contributed by atoms with Gasteiger partial charge >= 0.3 is 12.0 Å². The van der Waals surface area contributed by atoms with Crippen molar-refractivity contribution < 1.29 is 14.7 Å². The molecule has 0 saturated carbocycles. The first-order valence-electron chi connectivity index (χ1n) is 6.68. The van der Waals surface area contributed by atoms with Gasteiger partial charge in [0, 0.05) is 18.5 Å². The summed E-state index contributed by atoms with van der Waals surface area (Å²) in [6, 6.07) is -0.101. The number of thiazole rings is 1. The molecule has 6 nitrogen and oxygen atoms in total. The molecular weight excluding hydrogens is 278 g/mol. The quantitative estimate of drug-likeness (QED) is 0.894. The van der Waals surface area contributed by atoms with Crippen LogP contribution in [0.15, 0.2) is 5.38 Å². The molecule has 2 unspecified atom stereocenters. The van der Waals surface area contributed by atoms with Crippen molar-refractivity contribution in [3.05, 3.63) is 16.1 Å². The summed E-state index contributed by atoms with van der Waals surface area (Å²) < 4.78 is 0. The van der Waals surface area contributed by atoms with Gasteiger partial charge in [0.1, 0.15) is 5.01 Å². The fraction of sp³-hybridized carbons (Fsp3) is 0.615. The van der Waals surface area contributed by atoms with Crippen molar-refractivity contribution in [1.82, 2.24) is 15.2 Å². The minimum absolute atomic E-state index is 0.0275. The molecule has 1 aromatic rings. The number of aromatic carboxylic acids is 1. The summed E-state index contributed by atoms with van der Waals surface area (Å²) in [5, 5.41) is 13.7. The molecule has 2 rings (SSSR count). The molecule has 0 aliphatic carbocycles. The van der Waals surface area contributed by atoms with Crippen LogP contribution >= 0.6 is 11.3 Å². The molecule has 110 valence electrons. The molecule has 1 saturated heterocycles. The van der Waals surface area contributed by atoms with Crippen LogP contribution in [0.5, 0.6) is 0 Å². The van der Waals surface area contributed by atoms with Gasteiger partial charge in [-0.25, -0.2) is 14.6 Å². The van der Waals surface area contributed by atoms with Gasteiger partial charge in [-0.05, 0) is 18.3 Å². The molecule has 0 aromatic carbocycles. The second kappa shape index (κ2) is 6.21. The molecular formula is C13H19N3O3S. The number of carbonyl (C=O) groups excluding carboxylic acids is 1. The number of amides is 2. The minimum atomic E-state index is -1.04. The van der Waals surface area contributed by atoms with E-state index in [0.717, 1.165) is 19.5 Å². The number of rotatable bonds is 3. The predicted molar refractivity (Wildman–Crippen MR) is 75.8 cm³/mol. The van der Waals surface area contributed by atoms with Crippen molar-refractivity contribution in [2.45, 2.75) is 26.8 Å². The maximum atomic E-state index is 12.0. The normalized spacial score (nSPS) is 22.6. The summed E-state index contributed by atoms with van der Waals surface area (Å²) in [4.78, 5) is 28.5. The van der Waals surface area contributed by atoms with Crippen LogP contribution in [0.1, 0.15) is 35.8 Å². The zero-order valence-electron chi connectivity index (χ0n) is 11.6. The Kier molecular flexibility index (Phi) is 4.59. The smallest absolute Gasteiger partial charge is 0.355 e. The predicted octanol–water partition coefficient (Wildman–Crippen LogP) is 2.03. The lowest BCUT2D eigenvalue weighted by atomic mass is 9.89. The number of hydrogen-bond acceptors (Lipinski definition) is 4. The maximum Gasteiger partial charge on any atom is 0.355 e. The third kappa shape index (κ3) is 3.47. The monoisotopic (exact) mass is 297 g/mol. The van der Waals surface area contributed by atoms with Crippen LogP contribution in [0.2, 0.25) is 0 Å². The molecule has 2 atom stereocenters. The first-order chi connectivity index (χ1) is 9.47. The van der Waals surface area contributed by atoms with E-state index in [2.05, 4.69) is 24.1 Å². The third-order valence-electron chi connectivity index (χ3n) is 3.78. The number of nitrogens with zero attached hydrogens (tertiary/aromatic N) is 2. The van der Waals surface area contributed by atoms with Gasteiger partial charge in [-0.1, -0.05) is 13.8 Å². The van der Waals surface area contributed by atoms with Gasteiger partial charge in [-0.15, -0.1) is 11.3 Å². The highest BCUT2D eigenvalue weighted by Gasteiger charge is 2.25. The molecule has 1 aliphatic heterocycles. The van der Waals surface area contributed by atoms with Crippen molar-refractivity contribution in [3.8, 4) is 0 Å². The van der Waals surface area contributed by atoms with Crippen LogP contribution in [0, 0.1) is 11.8 Å². The summed E-state index contributed by atoms with van der Waals surface area (Å²) in [6.07, 6.45) is 1.02. The van der Waals surface area contributed by atoms with Crippen LogP contribution in [-0.4, -0.2) is 40.1 Å². The number of aromatic nitrogens is 1. The van der Waals surface area contributed by atoms with E-state index in [1.807, 2.05) is 4.90 Å². The lowest BCUT2D eigenvalue weighted by Crippen LogP contribution is -2.46. The Bertz CT molecular complexity index is 503. The zero-order chi connectivity index (χ0) is 14.7. The summed E-state index contributed by atoms with van der Waals surface area (Å²) in [7, 11) is 0. The van der Waals surface area contributed by atoms with Crippen molar-refractivity contribution in [1.29, 1.82) is 0 Å². The van der Waals surface area contributed by atoms with Gasteiger partial charge in [-0.2, -0.15) is 0 Å². The largest absolute Gasteiger partial charge is 0.476 e. The van der Waals surface area contributed by atoms with E-state index < -0.39 is 5.97 Å². The number of carboxylic acids is 1. The minimum Gasteiger partial charge on any atom is -0.476 e. The number of hydrogen-bond donors (Lipinski definition) is 2. The first kappa shape index (κ1) is 14.8. The summed E-state index contributed by atoms with van der Waals surface area (Å²) >= 11 is 1.24. The summed E-state index contributed by atoms with van der Waals surface area (Å²) in [5.74, 6) is 0.113. The lowest BCUT2D eigenvalue weighted by molar-refractivity contribution is 0.0691. The van der Waals surface area contributed by atoms with Crippen molar-refractivity contribution >= 4 is 23.3 Å². The number of urea groups is 1. The van der Waals surface area contributed by atoms with Gasteiger partial charge < -0.3 is 15.3 Å². The van der Waals surface area contributed by atoms with E-state index in [1.54, 1.807) is 0 Å². The molecule has 2 N–H and O–H groups in total. The second-order valence-electron chi connectivity index (χ2n) is 5.28. The highest BCUT2D eigenvalue weighted by Crippen LogP contribution is 2.22. The Hall–Kier alpha value is -1.63. The molecule has 0 radical (unpaired) electrons. The average molecular weight is 297 g/mol. The number of nitrogens with one attached hydrogen (secondary N) is 1. The summed E-state index contributed by atoms with van der Waals surface area (Å²) in [6.45, 7) is 6.19. The van der Waals surface area contributed by atoms with Crippen LogP contribution in [-0.2, 0) is 6.54 Å². The summed E-state index contributed by atoms with van der Waals surface area (Å²) in [5.41, 5.74) is 0.0275. The number of piperidine rings is 1. The van der Waals surface area contributed by atoms with E-state index in [9.17, 15) is 9.59 Å². The van der Waals surface area contributed by atoms with Crippen LogP contribution < -0.4 is 5.32 Å². The van der Waals surface area contributed by atoms with Gasteiger partial charge in [0.2, 0.25) is 0 Å². The number of carbonyl (C=O) groups is 2. The van der Waals surface area contributed by atoms with Crippen LogP contribution in [0.25, 0.3) is 0 Å². The van der Waals surface area contributed by atoms with E-state index in [4.69, 9.17) is 5.11 Å². The topological polar surface area (TPSA) is 82.5 Å². The van der Waals surface area contributed by atoms with Crippen molar-refractivity contribution in [2.24, 2.45) is 11.8 Å². The Morgan fingerprint density at radius 1 is 1.50 bits per heavy atom.